The fraction of sp³-hybridized carbons (Fsp3) is 0.353. The fourth-order valence-corrected chi connectivity index (χ4v) is 2.61. The minimum Gasteiger partial charge on any atom is -0.378 e. The van der Waals surface area contributed by atoms with Crippen molar-refractivity contribution in [3.63, 3.8) is 0 Å². The smallest absolute Gasteiger partial charge is 0.270 e. The minimum absolute atomic E-state index is 0.0320. The highest BCUT2D eigenvalue weighted by Crippen LogP contribution is 2.18. The van der Waals surface area contributed by atoms with Crippen molar-refractivity contribution in [1.82, 2.24) is 9.97 Å². The number of aromatic nitrogens is 2. The molecule has 1 aliphatic rings. The molecule has 0 atom stereocenters. The molecule has 1 aromatic carbocycles. The molecular formula is C17H20N6O3. The molecule has 0 unspecified atom stereocenters. The lowest BCUT2D eigenvalue weighted by Crippen LogP contribution is -2.36. The summed E-state index contributed by atoms with van der Waals surface area (Å²) in [7, 11) is 0. The standard InChI is InChI=1S/C17H20N6O3/c1-12(14-4-3-5-15(10-14)23(24)25)20-21-16-11-17(19-13(2)18-16)22-6-8-26-9-7-22/h3-5,10-11H,6-9H2,1-2H3,(H,18,19,21)/b20-12-. The molecule has 2 aromatic rings. The highest BCUT2D eigenvalue weighted by molar-refractivity contribution is 5.99. The first-order chi connectivity index (χ1) is 12.5. The van der Waals surface area contributed by atoms with Gasteiger partial charge < -0.3 is 9.64 Å². The maximum absolute atomic E-state index is 10.9. The Hall–Kier alpha value is -3.07. The first kappa shape index (κ1) is 17.7. The van der Waals surface area contributed by atoms with Crippen LogP contribution in [0.15, 0.2) is 35.4 Å². The molecule has 1 aliphatic heterocycles. The van der Waals surface area contributed by atoms with Gasteiger partial charge in [-0.2, -0.15) is 5.10 Å². The summed E-state index contributed by atoms with van der Waals surface area (Å²) < 4.78 is 5.37. The maximum atomic E-state index is 10.9. The van der Waals surface area contributed by atoms with Crippen molar-refractivity contribution < 1.29 is 9.66 Å². The summed E-state index contributed by atoms with van der Waals surface area (Å²) in [5.41, 5.74) is 4.25. The van der Waals surface area contributed by atoms with Gasteiger partial charge in [-0.3, -0.25) is 15.5 Å². The third kappa shape index (κ3) is 4.31. The summed E-state index contributed by atoms with van der Waals surface area (Å²) in [5.74, 6) is 2.04. The van der Waals surface area contributed by atoms with Crippen LogP contribution in [0.4, 0.5) is 17.3 Å². The molecule has 0 radical (unpaired) electrons. The number of hydrogen-bond donors (Lipinski definition) is 1. The van der Waals surface area contributed by atoms with Crippen molar-refractivity contribution in [1.29, 1.82) is 0 Å². The van der Waals surface area contributed by atoms with Crippen LogP contribution in [0, 0.1) is 17.0 Å². The number of morpholine rings is 1. The predicted molar refractivity (Wildman–Crippen MR) is 98.7 cm³/mol. The third-order valence-corrected chi connectivity index (χ3v) is 3.97. The Morgan fingerprint density at radius 1 is 1.31 bits per heavy atom. The van der Waals surface area contributed by atoms with Crippen LogP contribution in [0.1, 0.15) is 18.3 Å². The number of non-ortho nitro benzene ring substituents is 1. The number of rotatable bonds is 5. The monoisotopic (exact) mass is 356 g/mol. The first-order valence-corrected chi connectivity index (χ1v) is 8.26. The second-order valence-corrected chi connectivity index (χ2v) is 5.87. The minimum atomic E-state index is -0.424. The quantitative estimate of drug-likeness (QED) is 0.498. The Labute approximate surface area is 150 Å². The molecule has 1 saturated heterocycles. The van der Waals surface area contributed by atoms with E-state index in [0.29, 0.717) is 36.1 Å². The number of nitrogens with zero attached hydrogens (tertiary/aromatic N) is 5. The Kier molecular flexibility index (Phi) is 5.37. The Morgan fingerprint density at radius 3 is 2.81 bits per heavy atom. The maximum Gasteiger partial charge on any atom is 0.270 e. The van der Waals surface area contributed by atoms with Crippen molar-refractivity contribution in [2.45, 2.75) is 13.8 Å². The van der Waals surface area contributed by atoms with Gasteiger partial charge in [0.25, 0.3) is 5.69 Å². The van der Waals surface area contributed by atoms with Crippen molar-refractivity contribution in [2.75, 3.05) is 36.6 Å². The zero-order chi connectivity index (χ0) is 18.5. The molecular weight excluding hydrogens is 336 g/mol. The second-order valence-electron chi connectivity index (χ2n) is 5.87. The van der Waals surface area contributed by atoms with Gasteiger partial charge in [-0.05, 0) is 13.8 Å². The van der Waals surface area contributed by atoms with Crippen molar-refractivity contribution >= 4 is 23.0 Å². The number of nitrogens with one attached hydrogen (secondary N) is 1. The van der Waals surface area contributed by atoms with E-state index in [1.54, 1.807) is 19.1 Å². The van der Waals surface area contributed by atoms with E-state index in [-0.39, 0.29) is 5.69 Å². The average Bonchev–Trinajstić information content (AvgIpc) is 2.66. The number of benzene rings is 1. The molecule has 0 spiro atoms. The van der Waals surface area contributed by atoms with E-state index >= 15 is 0 Å². The van der Waals surface area contributed by atoms with Gasteiger partial charge in [0.2, 0.25) is 0 Å². The zero-order valence-electron chi connectivity index (χ0n) is 14.7. The van der Waals surface area contributed by atoms with Crippen LogP contribution in [0.2, 0.25) is 0 Å². The Balaban J connectivity index is 1.77. The van der Waals surface area contributed by atoms with E-state index in [0.717, 1.165) is 18.9 Å². The fourth-order valence-electron chi connectivity index (χ4n) is 2.61. The van der Waals surface area contributed by atoms with Crippen LogP contribution in [0.5, 0.6) is 0 Å². The molecule has 1 N–H and O–H groups in total. The van der Waals surface area contributed by atoms with E-state index in [9.17, 15) is 10.1 Å². The highest BCUT2D eigenvalue weighted by atomic mass is 16.6. The van der Waals surface area contributed by atoms with Gasteiger partial charge in [0, 0.05) is 36.9 Å². The summed E-state index contributed by atoms with van der Waals surface area (Å²) >= 11 is 0. The number of ether oxygens (including phenoxy) is 1. The number of nitro benzene ring substituents is 1. The van der Waals surface area contributed by atoms with Crippen molar-refractivity contribution in [3.8, 4) is 0 Å². The van der Waals surface area contributed by atoms with E-state index in [1.807, 2.05) is 13.0 Å². The van der Waals surface area contributed by atoms with Crippen LogP contribution in [-0.2, 0) is 4.74 Å². The molecule has 0 bridgehead atoms. The summed E-state index contributed by atoms with van der Waals surface area (Å²) in [6, 6.07) is 8.19. The van der Waals surface area contributed by atoms with Crippen LogP contribution >= 0.6 is 0 Å². The third-order valence-electron chi connectivity index (χ3n) is 3.97. The topological polar surface area (TPSA) is 106 Å². The number of aryl methyl sites for hydroxylation is 1. The van der Waals surface area contributed by atoms with Gasteiger partial charge in [0.15, 0.2) is 5.82 Å². The van der Waals surface area contributed by atoms with Crippen LogP contribution in [0.3, 0.4) is 0 Å². The van der Waals surface area contributed by atoms with Gasteiger partial charge in [-0.25, -0.2) is 9.97 Å². The molecule has 9 nitrogen and oxygen atoms in total. The van der Waals surface area contributed by atoms with Gasteiger partial charge in [-0.15, -0.1) is 0 Å². The van der Waals surface area contributed by atoms with Crippen LogP contribution in [0.25, 0.3) is 0 Å². The molecule has 3 rings (SSSR count). The van der Waals surface area contributed by atoms with Crippen molar-refractivity contribution in [3.05, 3.63) is 51.8 Å². The van der Waals surface area contributed by atoms with E-state index in [4.69, 9.17) is 4.74 Å². The summed E-state index contributed by atoms with van der Waals surface area (Å²) in [6.45, 7) is 6.53. The summed E-state index contributed by atoms with van der Waals surface area (Å²) in [5, 5.41) is 15.2. The summed E-state index contributed by atoms with van der Waals surface area (Å²) in [6.07, 6.45) is 0. The van der Waals surface area contributed by atoms with E-state index in [1.165, 1.54) is 12.1 Å². The lowest BCUT2D eigenvalue weighted by molar-refractivity contribution is -0.384. The average molecular weight is 356 g/mol. The second kappa shape index (κ2) is 7.87. The predicted octanol–water partition coefficient (Wildman–Crippen LogP) is 2.37. The molecule has 0 aliphatic carbocycles. The molecule has 136 valence electrons. The van der Waals surface area contributed by atoms with Gasteiger partial charge >= 0.3 is 0 Å². The number of anilines is 2. The van der Waals surface area contributed by atoms with Crippen LogP contribution < -0.4 is 10.3 Å². The first-order valence-electron chi connectivity index (χ1n) is 8.26. The van der Waals surface area contributed by atoms with Gasteiger partial charge in [-0.1, -0.05) is 12.1 Å². The molecule has 0 saturated carbocycles. The Morgan fingerprint density at radius 2 is 2.08 bits per heavy atom. The molecule has 1 fully saturated rings. The molecule has 1 aromatic heterocycles. The molecule has 2 heterocycles. The zero-order valence-corrected chi connectivity index (χ0v) is 14.7. The molecule has 9 heteroatoms. The SMILES string of the molecule is C/C(=N/Nc1cc(N2CCOCC2)nc(C)n1)c1cccc([N+](=O)[O-])c1. The van der Waals surface area contributed by atoms with Crippen molar-refractivity contribution in [2.24, 2.45) is 5.10 Å². The number of hydrazone groups is 1. The largest absolute Gasteiger partial charge is 0.378 e. The van der Waals surface area contributed by atoms with Gasteiger partial charge in [0.1, 0.15) is 11.6 Å². The number of hydrogen-bond acceptors (Lipinski definition) is 8. The van der Waals surface area contributed by atoms with Gasteiger partial charge in [0.05, 0.1) is 23.8 Å². The van der Waals surface area contributed by atoms with Crippen LogP contribution in [-0.4, -0.2) is 46.9 Å². The highest BCUT2D eigenvalue weighted by Gasteiger charge is 2.14. The van der Waals surface area contributed by atoms with E-state index in [2.05, 4.69) is 25.4 Å². The molecule has 26 heavy (non-hydrogen) atoms. The summed E-state index contributed by atoms with van der Waals surface area (Å²) in [4.78, 5) is 21.4. The number of nitro groups is 1. The van der Waals surface area contributed by atoms with E-state index < -0.39 is 4.92 Å². The lowest BCUT2D eigenvalue weighted by atomic mass is 10.1. The lowest BCUT2D eigenvalue weighted by Gasteiger charge is -2.28. The molecule has 0 amide bonds. The Bertz CT molecular complexity index is 833. The normalized spacial score (nSPS) is 15.0.